The van der Waals surface area contributed by atoms with Crippen LogP contribution in [0, 0.1) is 0 Å². The van der Waals surface area contributed by atoms with Gasteiger partial charge in [-0.3, -0.25) is 5.43 Å². The van der Waals surface area contributed by atoms with E-state index < -0.39 is 0 Å². The van der Waals surface area contributed by atoms with Crippen LogP contribution in [0.15, 0.2) is 52.6 Å². The summed E-state index contributed by atoms with van der Waals surface area (Å²) in [6.07, 6.45) is 4.22. The third-order valence-electron chi connectivity index (χ3n) is 4.27. The van der Waals surface area contributed by atoms with E-state index in [4.69, 9.17) is 9.57 Å². The van der Waals surface area contributed by atoms with Crippen LogP contribution in [0.25, 0.3) is 0 Å². The summed E-state index contributed by atoms with van der Waals surface area (Å²) < 4.78 is 6.05. The van der Waals surface area contributed by atoms with E-state index in [1.807, 2.05) is 31.2 Å². The average molecular weight is 312 g/mol. The standard InChI is InChI=1S/C17H20N4O2/c1-11-16-15(21-23-11)10-19-20-17(16)12-2-4-13(5-3-12)22-14-6-8-18-9-7-14/h2-5,10,14,18-19,21H,6-9H2,1H3. The highest BCUT2D eigenvalue weighted by molar-refractivity contribution is 6.16. The predicted octanol–water partition coefficient (Wildman–Crippen LogP) is 1.77. The molecule has 0 unspecified atom stereocenters. The molecule has 6 heteroatoms. The number of benzene rings is 1. The van der Waals surface area contributed by atoms with Crippen molar-refractivity contribution in [2.45, 2.75) is 25.9 Å². The number of nitrogens with zero attached hydrogens (tertiary/aromatic N) is 1. The monoisotopic (exact) mass is 312 g/mol. The molecular weight excluding hydrogens is 292 g/mol. The molecule has 4 rings (SSSR count). The lowest BCUT2D eigenvalue weighted by molar-refractivity contribution is 0.156. The number of hydroxylamine groups is 1. The summed E-state index contributed by atoms with van der Waals surface area (Å²) in [6.45, 7) is 3.99. The Kier molecular flexibility index (Phi) is 3.67. The third-order valence-corrected chi connectivity index (χ3v) is 4.27. The summed E-state index contributed by atoms with van der Waals surface area (Å²) in [5.41, 5.74) is 9.61. The Bertz CT molecular complexity index is 685. The van der Waals surface area contributed by atoms with Gasteiger partial charge >= 0.3 is 0 Å². The normalized spacial score (nSPS) is 20.7. The number of rotatable bonds is 3. The molecule has 3 aliphatic rings. The van der Waals surface area contributed by atoms with Crippen LogP contribution < -0.4 is 21.0 Å². The van der Waals surface area contributed by atoms with E-state index in [1.54, 1.807) is 6.20 Å². The lowest BCUT2D eigenvalue weighted by Gasteiger charge is -2.24. The zero-order valence-corrected chi connectivity index (χ0v) is 13.1. The Hall–Kier alpha value is -2.47. The number of ether oxygens (including phenoxy) is 1. The molecule has 0 saturated carbocycles. The van der Waals surface area contributed by atoms with Gasteiger partial charge in [-0.25, -0.2) is 5.48 Å². The molecule has 1 aromatic carbocycles. The Morgan fingerprint density at radius 2 is 1.96 bits per heavy atom. The van der Waals surface area contributed by atoms with Crippen LogP contribution in [-0.2, 0) is 4.84 Å². The number of fused-ring (bicyclic) bond motifs is 1. The van der Waals surface area contributed by atoms with Crippen LogP contribution in [0.1, 0.15) is 25.3 Å². The maximum Gasteiger partial charge on any atom is 0.140 e. The van der Waals surface area contributed by atoms with Gasteiger partial charge in [0, 0.05) is 11.8 Å². The van der Waals surface area contributed by atoms with Gasteiger partial charge in [-0.2, -0.15) is 5.10 Å². The van der Waals surface area contributed by atoms with Crippen molar-refractivity contribution in [2.24, 2.45) is 5.10 Å². The average Bonchev–Trinajstić information content (AvgIpc) is 2.98. The van der Waals surface area contributed by atoms with E-state index in [9.17, 15) is 0 Å². The second kappa shape index (κ2) is 5.96. The van der Waals surface area contributed by atoms with Gasteiger partial charge < -0.3 is 14.9 Å². The number of hydrogen-bond acceptors (Lipinski definition) is 6. The molecule has 0 aromatic heterocycles. The highest BCUT2D eigenvalue weighted by Crippen LogP contribution is 2.27. The molecule has 120 valence electrons. The fourth-order valence-electron chi connectivity index (χ4n) is 3.04. The van der Waals surface area contributed by atoms with Crippen molar-refractivity contribution in [3.05, 3.63) is 53.1 Å². The van der Waals surface area contributed by atoms with E-state index in [-0.39, 0.29) is 0 Å². The summed E-state index contributed by atoms with van der Waals surface area (Å²) in [6, 6.07) is 8.10. The fraction of sp³-hybridized carbons (Fsp3) is 0.353. The first kappa shape index (κ1) is 14.1. The summed E-state index contributed by atoms with van der Waals surface area (Å²) >= 11 is 0. The molecule has 0 bridgehead atoms. The van der Waals surface area contributed by atoms with Gasteiger partial charge in [-0.05, 0) is 57.1 Å². The minimum atomic E-state index is 0.308. The highest BCUT2D eigenvalue weighted by atomic mass is 16.7. The maximum absolute atomic E-state index is 6.05. The second-order valence-electron chi connectivity index (χ2n) is 5.87. The van der Waals surface area contributed by atoms with Crippen molar-refractivity contribution in [1.82, 2.24) is 16.2 Å². The number of piperidine rings is 1. The molecule has 3 heterocycles. The Morgan fingerprint density at radius 1 is 1.17 bits per heavy atom. The molecule has 6 nitrogen and oxygen atoms in total. The molecule has 0 radical (unpaired) electrons. The molecule has 0 aliphatic carbocycles. The molecular formula is C17H20N4O2. The number of hydrazone groups is 1. The predicted molar refractivity (Wildman–Crippen MR) is 87.6 cm³/mol. The topological polar surface area (TPSA) is 66.9 Å². The summed E-state index contributed by atoms with van der Waals surface area (Å²) in [5, 5.41) is 7.75. The number of allylic oxidation sites excluding steroid dienone is 2. The number of nitrogens with one attached hydrogen (secondary N) is 3. The minimum absolute atomic E-state index is 0.308. The Morgan fingerprint density at radius 3 is 2.74 bits per heavy atom. The van der Waals surface area contributed by atoms with Crippen molar-refractivity contribution < 1.29 is 9.57 Å². The quantitative estimate of drug-likeness (QED) is 0.794. The van der Waals surface area contributed by atoms with Gasteiger partial charge in [-0.15, -0.1) is 0 Å². The van der Waals surface area contributed by atoms with Gasteiger partial charge in [0.1, 0.15) is 29.0 Å². The zero-order valence-electron chi connectivity index (χ0n) is 13.1. The van der Waals surface area contributed by atoms with Gasteiger partial charge in [0.15, 0.2) is 0 Å². The summed E-state index contributed by atoms with van der Waals surface area (Å²) in [5.74, 6) is 1.74. The molecule has 23 heavy (non-hydrogen) atoms. The second-order valence-corrected chi connectivity index (χ2v) is 5.87. The van der Waals surface area contributed by atoms with E-state index in [0.29, 0.717) is 6.10 Å². The largest absolute Gasteiger partial charge is 0.490 e. The molecule has 1 saturated heterocycles. The van der Waals surface area contributed by atoms with Crippen LogP contribution in [0.5, 0.6) is 5.75 Å². The third kappa shape index (κ3) is 2.77. The van der Waals surface area contributed by atoms with Crippen molar-refractivity contribution in [1.29, 1.82) is 0 Å². The van der Waals surface area contributed by atoms with E-state index in [2.05, 4.69) is 21.3 Å². The van der Waals surface area contributed by atoms with Gasteiger partial charge in [-0.1, -0.05) is 0 Å². The minimum Gasteiger partial charge on any atom is -0.490 e. The van der Waals surface area contributed by atoms with Crippen molar-refractivity contribution in [2.75, 3.05) is 13.1 Å². The smallest absolute Gasteiger partial charge is 0.140 e. The van der Waals surface area contributed by atoms with Gasteiger partial charge in [0.05, 0.1) is 5.57 Å². The van der Waals surface area contributed by atoms with Crippen LogP contribution in [0.2, 0.25) is 0 Å². The molecule has 3 N–H and O–H groups in total. The van der Waals surface area contributed by atoms with Gasteiger partial charge in [0.2, 0.25) is 0 Å². The van der Waals surface area contributed by atoms with Crippen LogP contribution >= 0.6 is 0 Å². The summed E-state index contributed by atoms with van der Waals surface area (Å²) in [7, 11) is 0. The van der Waals surface area contributed by atoms with Gasteiger partial charge in [0.25, 0.3) is 0 Å². The molecule has 1 aromatic rings. The van der Waals surface area contributed by atoms with Crippen LogP contribution in [-0.4, -0.2) is 24.9 Å². The van der Waals surface area contributed by atoms with E-state index in [0.717, 1.165) is 60.0 Å². The van der Waals surface area contributed by atoms with Crippen molar-refractivity contribution >= 4 is 5.71 Å². The van der Waals surface area contributed by atoms with E-state index >= 15 is 0 Å². The Labute approximate surface area is 135 Å². The Balaban J connectivity index is 1.52. The van der Waals surface area contributed by atoms with Crippen molar-refractivity contribution in [3.8, 4) is 5.75 Å². The highest BCUT2D eigenvalue weighted by Gasteiger charge is 2.27. The first-order chi connectivity index (χ1) is 11.3. The molecule has 1 fully saturated rings. The first-order valence-corrected chi connectivity index (χ1v) is 7.97. The molecule has 0 atom stereocenters. The fourth-order valence-corrected chi connectivity index (χ4v) is 3.04. The summed E-state index contributed by atoms with van der Waals surface area (Å²) in [4.78, 5) is 5.39. The van der Waals surface area contributed by atoms with Crippen LogP contribution in [0.3, 0.4) is 0 Å². The molecule has 3 aliphatic heterocycles. The van der Waals surface area contributed by atoms with Crippen LogP contribution in [0.4, 0.5) is 0 Å². The van der Waals surface area contributed by atoms with E-state index in [1.165, 1.54) is 0 Å². The molecule has 0 spiro atoms. The molecule has 0 amide bonds. The zero-order chi connectivity index (χ0) is 15.6. The first-order valence-electron chi connectivity index (χ1n) is 7.97. The SMILES string of the molecule is CC1=C2C(=CNN=C2c2ccc(OC3CCNCC3)cc2)NO1. The number of hydrogen-bond donors (Lipinski definition) is 3. The van der Waals surface area contributed by atoms with Crippen molar-refractivity contribution in [3.63, 3.8) is 0 Å². The lowest BCUT2D eigenvalue weighted by atomic mass is 9.99. The maximum atomic E-state index is 6.05. The lowest BCUT2D eigenvalue weighted by Crippen LogP contribution is -2.34.